The molecule has 3 atom stereocenters. The second kappa shape index (κ2) is 9.79. The lowest BCUT2D eigenvalue weighted by Crippen LogP contribution is -2.74. The van der Waals surface area contributed by atoms with E-state index in [1.54, 1.807) is 48.5 Å². The predicted octanol–water partition coefficient (Wildman–Crippen LogP) is 0.185. The molecule has 0 radical (unpaired) electrons. The number of carbonyl (C=O) groups is 4. The number of nitrogens with zero attached hydrogens (tertiary/aromatic N) is 1. The van der Waals surface area contributed by atoms with Crippen LogP contribution in [0.15, 0.2) is 60.7 Å². The van der Waals surface area contributed by atoms with Crippen molar-refractivity contribution in [1.29, 1.82) is 0 Å². The monoisotopic (exact) mass is 476 g/mol. The Balaban J connectivity index is 1.82. The number of hydrogen-bond donors (Lipinski definition) is 2. The van der Waals surface area contributed by atoms with Crippen LogP contribution in [0, 0.1) is 0 Å². The molecular weight excluding hydrogens is 456 g/mol. The molecule has 11 nitrogen and oxygen atoms in total. The van der Waals surface area contributed by atoms with Crippen LogP contribution in [-0.2, 0) is 45.6 Å². The molecule has 2 aromatic rings. The van der Waals surface area contributed by atoms with Crippen molar-refractivity contribution < 1.29 is 41.6 Å². The number of esters is 2. The largest absolute Gasteiger partial charge is 0.467 e. The van der Waals surface area contributed by atoms with Gasteiger partial charge in [-0.1, -0.05) is 60.7 Å². The number of hydrogen-bond acceptors (Lipinski definition) is 8. The van der Waals surface area contributed by atoms with Crippen molar-refractivity contribution in [1.82, 2.24) is 9.62 Å². The predicted molar refractivity (Wildman–Crippen MR) is 112 cm³/mol. The summed E-state index contributed by atoms with van der Waals surface area (Å²) in [4.78, 5) is 50.1. The van der Waals surface area contributed by atoms with Crippen LogP contribution in [0.2, 0.25) is 0 Å². The van der Waals surface area contributed by atoms with Crippen molar-refractivity contribution in [3.05, 3.63) is 71.8 Å². The van der Waals surface area contributed by atoms with Crippen molar-refractivity contribution in [2.45, 2.75) is 24.6 Å². The van der Waals surface area contributed by atoms with Crippen LogP contribution >= 0.6 is 0 Å². The topological polar surface area (TPSA) is 156 Å². The molecule has 0 aromatic heterocycles. The lowest BCUT2D eigenvalue weighted by atomic mass is 9.94. The molecule has 1 fully saturated rings. The van der Waals surface area contributed by atoms with Crippen molar-refractivity contribution in [2.24, 2.45) is 0 Å². The maximum Gasteiger partial charge on any atom is 0.363 e. The highest BCUT2D eigenvalue weighted by atomic mass is 32.2. The summed E-state index contributed by atoms with van der Waals surface area (Å²) < 4.78 is 41.7. The van der Waals surface area contributed by atoms with Gasteiger partial charge in [0.25, 0.3) is 5.91 Å². The first-order chi connectivity index (χ1) is 15.6. The van der Waals surface area contributed by atoms with Gasteiger partial charge < -0.3 is 14.8 Å². The Hall–Kier alpha value is -3.77. The average Bonchev–Trinajstić information content (AvgIpc) is 2.79. The third kappa shape index (κ3) is 5.18. The van der Waals surface area contributed by atoms with Gasteiger partial charge in [0.2, 0.25) is 5.91 Å². The van der Waals surface area contributed by atoms with Crippen LogP contribution in [0.1, 0.15) is 17.0 Å². The number of nitrogens with one attached hydrogen (secondary N) is 1. The molecule has 1 heterocycles. The van der Waals surface area contributed by atoms with Crippen LogP contribution in [0.3, 0.4) is 0 Å². The molecule has 33 heavy (non-hydrogen) atoms. The third-order valence-corrected chi connectivity index (χ3v) is 5.80. The molecule has 0 spiro atoms. The first kappa shape index (κ1) is 23.9. The fraction of sp³-hybridized carbons (Fsp3) is 0.238. The lowest BCUT2D eigenvalue weighted by Gasteiger charge is -2.42. The van der Waals surface area contributed by atoms with Crippen molar-refractivity contribution in [2.75, 3.05) is 7.11 Å². The highest BCUT2D eigenvalue weighted by molar-refractivity contribution is 7.84. The van der Waals surface area contributed by atoms with Gasteiger partial charge in [0.15, 0.2) is 12.0 Å². The first-order valence-electron chi connectivity index (χ1n) is 9.59. The quantitative estimate of drug-likeness (QED) is 0.235. The summed E-state index contributed by atoms with van der Waals surface area (Å²) in [6.07, 6.45) is 0. The summed E-state index contributed by atoms with van der Waals surface area (Å²) >= 11 is 0. The SMILES string of the molecule is COC(=O)C1C(NC(=O)C(C(=O)OCc2ccccc2)c2ccccc2)C(=O)N1S(=O)(=O)O. The molecule has 1 saturated heterocycles. The molecule has 3 rings (SSSR count). The maximum absolute atomic E-state index is 13.0. The average molecular weight is 476 g/mol. The van der Waals surface area contributed by atoms with E-state index >= 15 is 0 Å². The molecule has 3 unspecified atom stereocenters. The molecule has 174 valence electrons. The van der Waals surface area contributed by atoms with Crippen molar-refractivity contribution in [3.8, 4) is 0 Å². The molecule has 1 aliphatic heterocycles. The summed E-state index contributed by atoms with van der Waals surface area (Å²) in [6, 6.07) is 13.1. The first-order valence-corrected chi connectivity index (χ1v) is 11.0. The number of benzene rings is 2. The minimum absolute atomic E-state index is 0.102. The van der Waals surface area contributed by atoms with Gasteiger partial charge in [0.05, 0.1) is 7.11 Å². The van der Waals surface area contributed by atoms with E-state index in [-0.39, 0.29) is 16.5 Å². The van der Waals surface area contributed by atoms with Crippen LogP contribution in [0.25, 0.3) is 0 Å². The molecular formula is C21H20N2O9S. The van der Waals surface area contributed by atoms with Crippen LogP contribution in [0.5, 0.6) is 0 Å². The van der Waals surface area contributed by atoms with Crippen LogP contribution in [-0.4, -0.2) is 60.2 Å². The van der Waals surface area contributed by atoms with E-state index in [0.717, 1.165) is 7.11 Å². The van der Waals surface area contributed by atoms with Gasteiger partial charge in [-0.05, 0) is 11.1 Å². The molecule has 12 heteroatoms. The highest BCUT2D eigenvalue weighted by Gasteiger charge is 2.59. The summed E-state index contributed by atoms with van der Waals surface area (Å²) in [5, 5.41) is 2.20. The smallest absolute Gasteiger partial charge is 0.363 e. The van der Waals surface area contributed by atoms with E-state index in [2.05, 4.69) is 10.1 Å². The van der Waals surface area contributed by atoms with E-state index in [1.165, 1.54) is 12.1 Å². The zero-order valence-corrected chi connectivity index (χ0v) is 18.1. The van der Waals surface area contributed by atoms with Gasteiger partial charge in [-0.15, -0.1) is 0 Å². The van der Waals surface area contributed by atoms with Gasteiger partial charge in [0, 0.05) is 0 Å². The molecule has 2 aromatic carbocycles. The number of carbonyl (C=O) groups excluding carboxylic acids is 4. The molecule has 2 N–H and O–H groups in total. The van der Waals surface area contributed by atoms with Crippen LogP contribution in [0.4, 0.5) is 0 Å². The fourth-order valence-electron chi connectivity index (χ4n) is 3.30. The van der Waals surface area contributed by atoms with E-state index in [4.69, 9.17) is 4.74 Å². The van der Waals surface area contributed by atoms with Crippen molar-refractivity contribution >= 4 is 34.1 Å². The molecule has 0 saturated carbocycles. The highest BCUT2D eigenvalue weighted by Crippen LogP contribution is 2.26. The second-order valence-electron chi connectivity index (χ2n) is 7.00. The molecule has 0 aliphatic carbocycles. The molecule has 1 aliphatic rings. The van der Waals surface area contributed by atoms with Gasteiger partial charge in [-0.3, -0.25) is 18.9 Å². The van der Waals surface area contributed by atoms with E-state index in [0.29, 0.717) is 5.56 Å². The Kier molecular flexibility index (Phi) is 7.09. The summed E-state index contributed by atoms with van der Waals surface area (Å²) in [5.74, 6) is -5.87. The standard InChI is InChI=1S/C21H20N2O9S/c1-31-21(27)17-16(19(25)23(17)33(28,29)30)22-18(24)15(14-10-6-3-7-11-14)20(26)32-12-13-8-4-2-5-9-13/h2-11,15-17H,12H2,1H3,(H,22,24)(H,28,29,30). The normalized spacial score (nSPS) is 18.6. The number of β-lactam (4-membered cyclic amide) rings is 1. The molecule has 2 amide bonds. The number of amides is 2. The van der Waals surface area contributed by atoms with Gasteiger partial charge in [-0.25, -0.2) is 4.79 Å². The summed E-state index contributed by atoms with van der Waals surface area (Å²) in [7, 11) is -4.13. The number of ether oxygens (including phenoxy) is 2. The van der Waals surface area contributed by atoms with E-state index in [9.17, 15) is 32.1 Å². The lowest BCUT2D eigenvalue weighted by molar-refractivity contribution is -0.163. The second-order valence-corrected chi connectivity index (χ2v) is 8.29. The van der Waals surface area contributed by atoms with E-state index in [1.807, 2.05) is 0 Å². The number of rotatable bonds is 8. The Bertz CT molecular complexity index is 1150. The van der Waals surface area contributed by atoms with Crippen molar-refractivity contribution in [3.63, 3.8) is 0 Å². The third-order valence-electron chi connectivity index (χ3n) is 4.90. The minimum atomic E-state index is -5.08. The summed E-state index contributed by atoms with van der Waals surface area (Å²) in [5.41, 5.74) is 0.933. The Morgan fingerprint density at radius 1 is 1.06 bits per heavy atom. The summed E-state index contributed by atoms with van der Waals surface area (Å²) in [6.45, 7) is -0.111. The van der Waals surface area contributed by atoms with Gasteiger partial charge in [-0.2, -0.15) is 12.7 Å². The zero-order chi connectivity index (χ0) is 24.2. The maximum atomic E-state index is 13.0. The van der Waals surface area contributed by atoms with Crippen LogP contribution < -0.4 is 5.32 Å². The molecule has 0 bridgehead atoms. The Morgan fingerprint density at radius 2 is 1.64 bits per heavy atom. The minimum Gasteiger partial charge on any atom is -0.467 e. The van der Waals surface area contributed by atoms with Gasteiger partial charge in [0.1, 0.15) is 12.6 Å². The Morgan fingerprint density at radius 3 is 2.18 bits per heavy atom. The fourth-order valence-corrected chi connectivity index (χ4v) is 4.14. The number of methoxy groups -OCH3 is 1. The van der Waals surface area contributed by atoms with E-state index < -0.39 is 52.1 Å². The zero-order valence-electron chi connectivity index (χ0n) is 17.3. The Labute approximate surface area is 189 Å². The van der Waals surface area contributed by atoms with Gasteiger partial charge >= 0.3 is 22.2 Å².